The van der Waals surface area contributed by atoms with Crippen molar-refractivity contribution in [2.75, 3.05) is 5.32 Å². The predicted octanol–water partition coefficient (Wildman–Crippen LogP) is 4.66. The molecule has 1 amide bonds. The summed E-state index contributed by atoms with van der Waals surface area (Å²) in [6, 6.07) is 19.9. The van der Waals surface area contributed by atoms with E-state index in [9.17, 15) is 9.59 Å². The van der Waals surface area contributed by atoms with Crippen LogP contribution in [-0.4, -0.2) is 15.5 Å². The Kier molecular flexibility index (Phi) is 5.14. The third kappa shape index (κ3) is 4.05. The van der Waals surface area contributed by atoms with Crippen LogP contribution in [0, 0.1) is 6.92 Å². The lowest BCUT2D eigenvalue weighted by atomic mass is 10.1. The summed E-state index contributed by atoms with van der Waals surface area (Å²) in [7, 11) is 0. The molecular formula is C23H18ClN3O2. The highest BCUT2D eigenvalue weighted by molar-refractivity contribution is 6.31. The minimum atomic E-state index is -0.485. The lowest BCUT2D eigenvalue weighted by Crippen LogP contribution is -2.30. The van der Waals surface area contributed by atoms with Gasteiger partial charge < -0.3 is 5.32 Å². The van der Waals surface area contributed by atoms with Gasteiger partial charge in [0.05, 0.1) is 6.54 Å². The second kappa shape index (κ2) is 7.89. The van der Waals surface area contributed by atoms with Crippen molar-refractivity contribution in [2.24, 2.45) is 0 Å². The summed E-state index contributed by atoms with van der Waals surface area (Å²) in [6.45, 7) is 2.33. The molecule has 0 radical (unpaired) electrons. The van der Waals surface area contributed by atoms with Crippen molar-refractivity contribution in [3.63, 3.8) is 0 Å². The van der Waals surface area contributed by atoms with Crippen molar-refractivity contribution in [3.8, 4) is 0 Å². The summed E-state index contributed by atoms with van der Waals surface area (Å²) in [5.41, 5.74) is 2.82. The molecule has 2 aromatic heterocycles. The number of rotatable bonds is 4. The summed E-state index contributed by atoms with van der Waals surface area (Å²) in [6.07, 6.45) is 1.64. The van der Waals surface area contributed by atoms with E-state index >= 15 is 0 Å². The first-order valence-electron chi connectivity index (χ1n) is 9.12. The molecule has 2 heterocycles. The lowest BCUT2D eigenvalue weighted by molar-refractivity contribution is 0.102. The molecule has 29 heavy (non-hydrogen) atoms. The number of aryl methyl sites for hydroxylation is 1. The van der Waals surface area contributed by atoms with Crippen LogP contribution in [0.25, 0.3) is 11.0 Å². The number of benzene rings is 2. The summed E-state index contributed by atoms with van der Waals surface area (Å²) >= 11 is 5.98. The first-order valence-corrected chi connectivity index (χ1v) is 9.50. The third-order valence-electron chi connectivity index (χ3n) is 4.64. The fraction of sp³-hybridized carbons (Fsp3) is 0.0870. The van der Waals surface area contributed by atoms with Gasteiger partial charge in [-0.15, -0.1) is 0 Å². The zero-order chi connectivity index (χ0) is 20.4. The second-order valence-electron chi connectivity index (χ2n) is 6.82. The number of pyridine rings is 2. The molecule has 0 unspecified atom stereocenters. The van der Waals surface area contributed by atoms with E-state index in [1.807, 2.05) is 37.3 Å². The SMILES string of the molecule is Cc1ccc(Cn2c(=O)c(C(=O)Nc3cccc(Cl)c3)cc3cccnc32)cc1. The number of nitrogens with one attached hydrogen (secondary N) is 1. The van der Waals surface area contributed by atoms with Crippen LogP contribution < -0.4 is 10.9 Å². The Morgan fingerprint density at radius 1 is 1.07 bits per heavy atom. The van der Waals surface area contributed by atoms with E-state index in [0.29, 0.717) is 22.9 Å². The molecule has 0 spiro atoms. The van der Waals surface area contributed by atoms with Gasteiger partial charge in [-0.3, -0.25) is 14.2 Å². The normalized spacial score (nSPS) is 10.8. The minimum Gasteiger partial charge on any atom is -0.322 e. The number of fused-ring (bicyclic) bond motifs is 1. The van der Waals surface area contributed by atoms with Crippen molar-refractivity contribution in [1.82, 2.24) is 9.55 Å². The van der Waals surface area contributed by atoms with Crippen LogP contribution >= 0.6 is 11.6 Å². The molecule has 5 nitrogen and oxygen atoms in total. The molecule has 144 valence electrons. The smallest absolute Gasteiger partial charge is 0.265 e. The van der Waals surface area contributed by atoms with E-state index in [4.69, 9.17) is 11.6 Å². The van der Waals surface area contributed by atoms with E-state index in [1.165, 1.54) is 4.57 Å². The zero-order valence-corrected chi connectivity index (χ0v) is 16.5. The minimum absolute atomic E-state index is 0.0533. The molecule has 0 bridgehead atoms. The fourth-order valence-electron chi connectivity index (χ4n) is 3.16. The molecule has 0 fully saturated rings. The van der Waals surface area contributed by atoms with Gasteiger partial charge >= 0.3 is 0 Å². The predicted molar refractivity (Wildman–Crippen MR) is 116 cm³/mol. The van der Waals surface area contributed by atoms with Gasteiger partial charge in [0.2, 0.25) is 0 Å². The summed E-state index contributed by atoms with van der Waals surface area (Å²) < 4.78 is 1.53. The number of hydrogen-bond acceptors (Lipinski definition) is 3. The van der Waals surface area contributed by atoms with Crippen molar-refractivity contribution < 1.29 is 4.79 Å². The number of carbonyl (C=O) groups is 1. The Labute approximate surface area is 172 Å². The number of nitrogens with zero attached hydrogens (tertiary/aromatic N) is 2. The fourth-order valence-corrected chi connectivity index (χ4v) is 3.35. The maximum atomic E-state index is 13.2. The maximum Gasteiger partial charge on any atom is 0.265 e. The van der Waals surface area contributed by atoms with Crippen molar-refractivity contribution in [1.29, 1.82) is 0 Å². The van der Waals surface area contributed by atoms with Gasteiger partial charge in [-0.2, -0.15) is 0 Å². The number of hydrogen-bond donors (Lipinski definition) is 1. The maximum absolute atomic E-state index is 13.2. The number of carbonyl (C=O) groups excluding carboxylic acids is 1. The molecule has 1 N–H and O–H groups in total. The van der Waals surface area contributed by atoms with E-state index in [-0.39, 0.29) is 5.56 Å². The Hall–Kier alpha value is -3.44. The van der Waals surface area contributed by atoms with E-state index in [1.54, 1.807) is 42.6 Å². The van der Waals surface area contributed by atoms with Gasteiger partial charge in [0.1, 0.15) is 11.2 Å². The van der Waals surface area contributed by atoms with Crippen molar-refractivity contribution >= 4 is 34.2 Å². The Bertz CT molecular complexity index is 1260. The largest absolute Gasteiger partial charge is 0.322 e. The van der Waals surface area contributed by atoms with E-state index < -0.39 is 11.5 Å². The molecular weight excluding hydrogens is 386 g/mol. The molecule has 0 saturated heterocycles. The van der Waals surface area contributed by atoms with Crippen LogP contribution in [-0.2, 0) is 6.54 Å². The molecule has 6 heteroatoms. The highest BCUT2D eigenvalue weighted by Crippen LogP contribution is 2.17. The Morgan fingerprint density at radius 2 is 1.86 bits per heavy atom. The Morgan fingerprint density at radius 3 is 2.62 bits per heavy atom. The van der Waals surface area contributed by atoms with Gasteiger partial charge in [0.25, 0.3) is 11.5 Å². The molecule has 2 aromatic carbocycles. The monoisotopic (exact) mass is 403 g/mol. The highest BCUT2D eigenvalue weighted by atomic mass is 35.5. The van der Waals surface area contributed by atoms with Crippen LogP contribution in [0.5, 0.6) is 0 Å². The summed E-state index contributed by atoms with van der Waals surface area (Å²) in [4.78, 5) is 30.4. The van der Waals surface area contributed by atoms with Crippen molar-refractivity contribution in [3.05, 3.63) is 105 Å². The van der Waals surface area contributed by atoms with Gasteiger partial charge in [-0.1, -0.05) is 47.5 Å². The molecule has 0 aliphatic rings. The molecule has 0 atom stereocenters. The van der Waals surface area contributed by atoms with Crippen LogP contribution in [0.3, 0.4) is 0 Å². The zero-order valence-electron chi connectivity index (χ0n) is 15.7. The van der Waals surface area contributed by atoms with Gasteiger partial charge in [-0.25, -0.2) is 4.98 Å². The first kappa shape index (κ1) is 18.9. The van der Waals surface area contributed by atoms with E-state index in [2.05, 4.69) is 10.3 Å². The molecule has 0 saturated carbocycles. The van der Waals surface area contributed by atoms with Gasteiger partial charge in [0.15, 0.2) is 0 Å². The van der Waals surface area contributed by atoms with Crippen molar-refractivity contribution in [2.45, 2.75) is 13.5 Å². The standard InChI is InChI=1S/C23H18ClN3O2/c1-15-7-9-16(10-8-15)14-27-21-17(4-3-11-25-21)12-20(23(27)29)22(28)26-19-6-2-5-18(24)13-19/h2-13H,14H2,1H3,(H,26,28). The lowest BCUT2D eigenvalue weighted by Gasteiger charge is -2.13. The van der Waals surface area contributed by atoms with Crippen LogP contribution in [0.4, 0.5) is 5.69 Å². The molecule has 4 rings (SSSR count). The molecule has 4 aromatic rings. The summed E-state index contributed by atoms with van der Waals surface area (Å²) in [5.74, 6) is -0.485. The number of amides is 1. The van der Waals surface area contributed by atoms with E-state index in [0.717, 1.165) is 16.5 Å². The summed E-state index contributed by atoms with van der Waals surface area (Å²) in [5, 5.41) is 3.97. The van der Waals surface area contributed by atoms with Gasteiger partial charge in [-0.05, 0) is 48.9 Å². The molecule has 0 aliphatic heterocycles. The average Bonchev–Trinajstić information content (AvgIpc) is 2.71. The quantitative estimate of drug-likeness (QED) is 0.539. The number of aromatic nitrogens is 2. The third-order valence-corrected chi connectivity index (χ3v) is 4.87. The number of anilines is 1. The topological polar surface area (TPSA) is 64.0 Å². The average molecular weight is 404 g/mol. The van der Waals surface area contributed by atoms with Gasteiger partial charge in [0, 0.05) is 22.3 Å². The number of halogens is 1. The second-order valence-corrected chi connectivity index (χ2v) is 7.25. The van der Waals surface area contributed by atoms with Crippen LogP contribution in [0.2, 0.25) is 5.02 Å². The first-order chi connectivity index (χ1) is 14.0. The Balaban J connectivity index is 1.78. The highest BCUT2D eigenvalue weighted by Gasteiger charge is 2.17. The van der Waals surface area contributed by atoms with Crippen LogP contribution in [0.1, 0.15) is 21.5 Å². The molecule has 0 aliphatic carbocycles. The van der Waals surface area contributed by atoms with Crippen LogP contribution in [0.15, 0.2) is 77.7 Å².